The lowest BCUT2D eigenvalue weighted by molar-refractivity contribution is -0.158. The number of amides is 1. The third-order valence-electron chi connectivity index (χ3n) is 8.16. The summed E-state index contributed by atoms with van der Waals surface area (Å²) in [6.45, 7) is 0.988. The molecule has 0 saturated heterocycles. The van der Waals surface area contributed by atoms with Gasteiger partial charge in [0.25, 0.3) is 5.56 Å². The second-order valence-electron chi connectivity index (χ2n) is 10.4. The first-order valence-corrected chi connectivity index (χ1v) is 11.6. The van der Waals surface area contributed by atoms with Gasteiger partial charge < -0.3 is 9.88 Å². The molecule has 7 rings (SSSR count). The zero-order valence-electron chi connectivity index (χ0n) is 17.7. The van der Waals surface area contributed by atoms with E-state index in [2.05, 4.69) is 9.97 Å². The Hall–Kier alpha value is -2.50. The summed E-state index contributed by atoms with van der Waals surface area (Å²) in [7, 11) is 0. The first-order valence-electron chi connectivity index (χ1n) is 11.6. The number of aromatic amines is 1. The average molecular weight is 422 g/mol. The summed E-state index contributed by atoms with van der Waals surface area (Å²) in [6.07, 6.45) is 8.06. The van der Waals surface area contributed by atoms with Crippen LogP contribution < -0.4 is 5.56 Å². The molecule has 1 aromatic carbocycles. The minimum absolute atomic E-state index is 0.167. The molecular weight excluding hydrogens is 393 g/mol. The van der Waals surface area contributed by atoms with Gasteiger partial charge in [0.2, 0.25) is 5.91 Å². The summed E-state index contributed by atoms with van der Waals surface area (Å²) in [5, 5.41) is 0. The number of halogens is 1. The quantitative estimate of drug-likeness (QED) is 0.824. The molecule has 4 fully saturated rings. The van der Waals surface area contributed by atoms with Crippen molar-refractivity contribution in [3.63, 3.8) is 0 Å². The Bertz CT molecular complexity index is 1070. The molecule has 2 heterocycles. The highest BCUT2D eigenvalue weighted by Crippen LogP contribution is 2.60. The molecule has 0 unspecified atom stereocenters. The van der Waals surface area contributed by atoms with Gasteiger partial charge in [-0.1, -0.05) is 12.1 Å². The van der Waals surface area contributed by atoms with Crippen molar-refractivity contribution in [2.24, 2.45) is 23.2 Å². The maximum atomic E-state index is 13.7. The van der Waals surface area contributed by atoms with E-state index in [4.69, 9.17) is 0 Å². The van der Waals surface area contributed by atoms with Crippen molar-refractivity contribution in [3.05, 3.63) is 63.1 Å². The smallest absolute Gasteiger partial charge is 0.256 e. The van der Waals surface area contributed by atoms with Gasteiger partial charge in [0, 0.05) is 19.4 Å². The molecule has 162 valence electrons. The lowest BCUT2D eigenvalue weighted by Gasteiger charge is -2.56. The van der Waals surface area contributed by atoms with Crippen molar-refractivity contribution >= 4 is 5.91 Å². The standard InChI is InChI=1S/C25H28FN3O2/c26-19-3-1-2-15(9-19)10-22-27-21-4-5-29(14-20(21)23(30)28-22)24(31)25-11-16-6-17(12-25)8-18(7-16)13-25/h1-3,9,16-18H,4-8,10-14H2,(H,27,28,30). The Morgan fingerprint density at radius 1 is 1.16 bits per heavy atom. The topological polar surface area (TPSA) is 66.1 Å². The van der Waals surface area contributed by atoms with Crippen LogP contribution in [0, 0.1) is 29.0 Å². The summed E-state index contributed by atoms with van der Waals surface area (Å²) >= 11 is 0. The molecule has 4 saturated carbocycles. The van der Waals surface area contributed by atoms with Gasteiger partial charge >= 0.3 is 0 Å². The summed E-state index contributed by atoms with van der Waals surface area (Å²) in [5.41, 5.74) is 1.83. The van der Waals surface area contributed by atoms with Crippen LogP contribution in [0.2, 0.25) is 0 Å². The Kier molecular flexibility index (Phi) is 4.34. The third-order valence-corrected chi connectivity index (χ3v) is 8.16. The van der Waals surface area contributed by atoms with E-state index in [0.717, 1.165) is 48.3 Å². The van der Waals surface area contributed by atoms with Gasteiger partial charge in [0.15, 0.2) is 0 Å². The fourth-order valence-electron chi connectivity index (χ4n) is 7.28. The highest BCUT2D eigenvalue weighted by molar-refractivity contribution is 5.83. The first-order chi connectivity index (χ1) is 15.0. The molecule has 2 aromatic rings. The molecule has 0 radical (unpaired) electrons. The van der Waals surface area contributed by atoms with E-state index >= 15 is 0 Å². The van der Waals surface area contributed by atoms with Crippen LogP contribution in [0.4, 0.5) is 4.39 Å². The molecule has 5 aliphatic rings. The van der Waals surface area contributed by atoms with Crippen molar-refractivity contribution in [3.8, 4) is 0 Å². The van der Waals surface area contributed by atoms with Crippen LogP contribution in [0.25, 0.3) is 0 Å². The van der Waals surface area contributed by atoms with E-state index < -0.39 is 0 Å². The van der Waals surface area contributed by atoms with Crippen LogP contribution in [-0.4, -0.2) is 27.3 Å². The summed E-state index contributed by atoms with van der Waals surface area (Å²) in [5.74, 6) is 2.71. The molecule has 1 N–H and O–H groups in total. The fourth-order valence-corrected chi connectivity index (χ4v) is 7.28. The van der Waals surface area contributed by atoms with E-state index in [0.29, 0.717) is 37.3 Å². The monoisotopic (exact) mass is 421 g/mol. The molecule has 1 aromatic heterocycles. The molecular formula is C25H28FN3O2. The number of rotatable bonds is 3. The van der Waals surface area contributed by atoms with E-state index in [1.807, 2.05) is 11.0 Å². The van der Waals surface area contributed by atoms with Gasteiger partial charge in [0.05, 0.1) is 23.2 Å². The minimum atomic E-state index is -0.295. The van der Waals surface area contributed by atoms with Gasteiger partial charge in [-0.2, -0.15) is 0 Å². The van der Waals surface area contributed by atoms with Crippen molar-refractivity contribution in [2.75, 3.05) is 6.54 Å². The number of nitrogens with zero attached hydrogens (tertiary/aromatic N) is 2. The van der Waals surface area contributed by atoms with Crippen molar-refractivity contribution in [2.45, 2.75) is 57.9 Å². The van der Waals surface area contributed by atoms with Crippen LogP contribution in [0.1, 0.15) is 61.2 Å². The number of nitrogens with one attached hydrogen (secondary N) is 1. The third kappa shape index (κ3) is 3.31. The molecule has 4 aliphatic carbocycles. The maximum Gasteiger partial charge on any atom is 0.256 e. The van der Waals surface area contributed by atoms with Crippen LogP contribution in [-0.2, 0) is 24.2 Å². The Labute approximate surface area is 181 Å². The van der Waals surface area contributed by atoms with E-state index in [9.17, 15) is 14.0 Å². The average Bonchev–Trinajstić information content (AvgIpc) is 2.72. The van der Waals surface area contributed by atoms with Crippen molar-refractivity contribution in [1.29, 1.82) is 0 Å². The molecule has 5 nitrogen and oxygen atoms in total. The number of carbonyl (C=O) groups is 1. The Morgan fingerprint density at radius 2 is 1.87 bits per heavy atom. The summed E-state index contributed by atoms with van der Waals surface area (Å²) in [6, 6.07) is 6.36. The van der Waals surface area contributed by atoms with E-state index in [-0.39, 0.29) is 22.7 Å². The van der Waals surface area contributed by atoms with Gasteiger partial charge in [0.1, 0.15) is 11.6 Å². The van der Waals surface area contributed by atoms with E-state index in [1.54, 1.807) is 6.07 Å². The predicted molar refractivity (Wildman–Crippen MR) is 114 cm³/mol. The Morgan fingerprint density at radius 3 is 2.55 bits per heavy atom. The van der Waals surface area contributed by atoms with E-state index in [1.165, 1.54) is 31.4 Å². The van der Waals surface area contributed by atoms with Crippen molar-refractivity contribution < 1.29 is 9.18 Å². The predicted octanol–water partition coefficient (Wildman–Crippen LogP) is 3.60. The number of benzene rings is 1. The summed E-state index contributed by atoms with van der Waals surface area (Å²) < 4.78 is 13.5. The SMILES string of the molecule is O=C(N1CCc2nc(Cc3cccc(F)c3)[nH]c(=O)c2C1)C12CC3CC(CC(C3)C1)C2. The van der Waals surface area contributed by atoms with Crippen LogP contribution >= 0.6 is 0 Å². The second kappa shape index (κ2) is 7.01. The number of hydrogen-bond acceptors (Lipinski definition) is 3. The van der Waals surface area contributed by atoms with Gasteiger partial charge in [-0.05, 0) is 74.0 Å². The molecule has 6 heteroatoms. The van der Waals surface area contributed by atoms with Gasteiger partial charge in [-0.25, -0.2) is 9.37 Å². The zero-order chi connectivity index (χ0) is 21.2. The lowest BCUT2D eigenvalue weighted by Crippen LogP contribution is -2.55. The highest BCUT2D eigenvalue weighted by Gasteiger charge is 2.55. The molecule has 4 bridgehead atoms. The van der Waals surface area contributed by atoms with Crippen LogP contribution in [0.5, 0.6) is 0 Å². The largest absolute Gasteiger partial charge is 0.337 e. The summed E-state index contributed by atoms with van der Waals surface area (Å²) in [4.78, 5) is 36.0. The van der Waals surface area contributed by atoms with Gasteiger partial charge in [-0.3, -0.25) is 9.59 Å². The second-order valence-corrected chi connectivity index (χ2v) is 10.4. The maximum absolute atomic E-state index is 13.7. The van der Waals surface area contributed by atoms with Gasteiger partial charge in [-0.15, -0.1) is 0 Å². The van der Waals surface area contributed by atoms with Crippen LogP contribution in [0.15, 0.2) is 29.1 Å². The van der Waals surface area contributed by atoms with Crippen molar-refractivity contribution in [1.82, 2.24) is 14.9 Å². The fraction of sp³-hybridized carbons (Fsp3) is 0.560. The molecule has 1 aliphatic heterocycles. The highest BCUT2D eigenvalue weighted by atomic mass is 19.1. The molecule has 0 atom stereocenters. The number of fused-ring (bicyclic) bond motifs is 1. The number of carbonyl (C=O) groups excluding carboxylic acids is 1. The van der Waals surface area contributed by atoms with Crippen LogP contribution in [0.3, 0.4) is 0 Å². The number of aromatic nitrogens is 2. The minimum Gasteiger partial charge on any atom is -0.337 e. The normalized spacial score (nSPS) is 31.0. The Balaban J connectivity index is 1.23. The number of H-pyrrole nitrogens is 1. The zero-order valence-corrected chi connectivity index (χ0v) is 17.7. The first kappa shape index (κ1) is 19.2. The molecule has 0 spiro atoms. The molecule has 1 amide bonds. The molecule has 31 heavy (non-hydrogen) atoms. The lowest BCUT2D eigenvalue weighted by atomic mass is 9.49. The number of hydrogen-bond donors (Lipinski definition) is 1.